The first-order chi connectivity index (χ1) is 9.74. The third kappa shape index (κ3) is 3.21. The summed E-state index contributed by atoms with van der Waals surface area (Å²) >= 11 is 0. The SMILES string of the molecule is COc1ccccc1CNC(=O)c1ccc(NN)nn1. The minimum Gasteiger partial charge on any atom is -0.496 e. The molecule has 0 aliphatic rings. The molecular formula is C13H15N5O2. The molecule has 0 radical (unpaired) electrons. The van der Waals surface area contributed by atoms with Gasteiger partial charge in [0.1, 0.15) is 5.75 Å². The van der Waals surface area contributed by atoms with Gasteiger partial charge < -0.3 is 15.5 Å². The van der Waals surface area contributed by atoms with Crippen LogP contribution in [0.15, 0.2) is 36.4 Å². The number of anilines is 1. The molecule has 1 aromatic carbocycles. The average molecular weight is 273 g/mol. The Bertz CT molecular complexity index is 586. The highest BCUT2D eigenvalue weighted by molar-refractivity contribution is 5.92. The Labute approximate surface area is 116 Å². The first kappa shape index (κ1) is 13.8. The van der Waals surface area contributed by atoms with Crippen LogP contribution in [0.4, 0.5) is 5.82 Å². The van der Waals surface area contributed by atoms with Crippen molar-refractivity contribution in [2.75, 3.05) is 12.5 Å². The van der Waals surface area contributed by atoms with E-state index in [-0.39, 0.29) is 11.6 Å². The number of hydrogen-bond donors (Lipinski definition) is 3. The molecule has 0 saturated heterocycles. The number of nitrogens with zero attached hydrogens (tertiary/aromatic N) is 2. The van der Waals surface area contributed by atoms with E-state index >= 15 is 0 Å². The maximum Gasteiger partial charge on any atom is 0.272 e. The summed E-state index contributed by atoms with van der Waals surface area (Å²) in [6.07, 6.45) is 0. The fourth-order valence-corrected chi connectivity index (χ4v) is 1.65. The number of benzene rings is 1. The summed E-state index contributed by atoms with van der Waals surface area (Å²) in [5.74, 6) is 5.98. The number of rotatable bonds is 5. The predicted octanol–water partition coefficient (Wildman–Crippen LogP) is 0.701. The molecule has 0 aliphatic heterocycles. The number of hydrogen-bond acceptors (Lipinski definition) is 6. The van der Waals surface area contributed by atoms with Gasteiger partial charge in [-0.05, 0) is 18.2 Å². The lowest BCUT2D eigenvalue weighted by Gasteiger charge is -2.09. The van der Waals surface area contributed by atoms with E-state index in [0.29, 0.717) is 12.4 Å². The van der Waals surface area contributed by atoms with E-state index in [9.17, 15) is 4.79 Å². The van der Waals surface area contributed by atoms with Crippen molar-refractivity contribution in [3.63, 3.8) is 0 Å². The van der Waals surface area contributed by atoms with Crippen LogP contribution in [-0.4, -0.2) is 23.2 Å². The Kier molecular flexibility index (Phi) is 4.46. The molecule has 0 bridgehead atoms. The topological polar surface area (TPSA) is 102 Å². The number of methoxy groups -OCH3 is 1. The van der Waals surface area contributed by atoms with Gasteiger partial charge in [-0.25, -0.2) is 5.84 Å². The first-order valence-corrected chi connectivity index (χ1v) is 5.95. The summed E-state index contributed by atoms with van der Waals surface area (Å²) in [5.41, 5.74) is 3.45. The molecular weight excluding hydrogens is 258 g/mol. The quantitative estimate of drug-likeness (QED) is 0.547. The van der Waals surface area contributed by atoms with Crippen LogP contribution in [0.1, 0.15) is 16.1 Å². The lowest BCUT2D eigenvalue weighted by Crippen LogP contribution is -2.24. The molecule has 4 N–H and O–H groups in total. The first-order valence-electron chi connectivity index (χ1n) is 5.95. The number of para-hydroxylation sites is 1. The number of aromatic nitrogens is 2. The van der Waals surface area contributed by atoms with Crippen molar-refractivity contribution >= 4 is 11.7 Å². The van der Waals surface area contributed by atoms with Crippen LogP contribution in [0, 0.1) is 0 Å². The number of carbonyl (C=O) groups is 1. The molecule has 0 aliphatic carbocycles. The van der Waals surface area contributed by atoms with E-state index in [1.54, 1.807) is 19.2 Å². The maximum atomic E-state index is 11.9. The van der Waals surface area contributed by atoms with Gasteiger partial charge in [-0.15, -0.1) is 10.2 Å². The van der Waals surface area contributed by atoms with Gasteiger partial charge in [0, 0.05) is 12.1 Å². The molecule has 20 heavy (non-hydrogen) atoms. The van der Waals surface area contributed by atoms with E-state index in [0.717, 1.165) is 11.3 Å². The second-order valence-electron chi connectivity index (χ2n) is 3.94. The van der Waals surface area contributed by atoms with Gasteiger partial charge in [0.2, 0.25) is 0 Å². The summed E-state index contributed by atoms with van der Waals surface area (Å²) in [7, 11) is 1.59. The van der Waals surface area contributed by atoms with Crippen LogP contribution in [0.5, 0.6) is 5.75 Å². The van der Waals surface area contributed by atoms with Crippen molar-refractivity contribution in [1.82, 2.24) is 15.5 Å². The van der Waals surface area contributed by atoms with Crippen molar-refractivity contribution in [2.45, 2.75) is 6.54 Å². The third-order valence-corrected chi connectivity index (χ3v) is 2.68. The van der Waals surface area contributed by atoms with Crippen LogP contribution in [0.3, 0.4) is 0 Å². The molecule has 2 rings (SSSR count). The smallest absolute Gasteiger partial charge is 0.272 e. The molecule has 1 amide bonds. The molecule has 0 atom stereocenters. The van der Waals surface area contributed by atoms with Gasteiger partial charge in [-0.1, -0.05) is 18.2 Å². The van der Waals surface area contributed by atoms with Gasteiger partial charge in [-0.3, -0.25) is 4.79 Å². The van der Waals surface area contributed by atoms with Gasteiger partial charge in [-0.2, -0.15) is 0 Å². The lowest BCUT2D eigenvalue weighted by molar-refractivity contribution is 0.0944. The minimum absolute atomic E-state index is 0.221. The lowest BCUT2D eigenvalue weighted by atomic mass is 10.2. The standard InChI is InChI=1S/C13H15N5O2/c1-20-11-5-3-2-4-9(11)8-15-13(19)10-6-7-12(16-14)18-17-10/h2-7H,8,14H2,1H3,(H,15,19)(H,16,18). The Balaban J connectivity index is 2.01. The van der Waals surface area contributed by atoms with Gasteiger partial charge >= 0.3 is 0 Å². The van der Waals surface area contributed by atoms with Crippen LogP contribution in [-0.2, 0) is 6.54 Å². The summed E-state index contributed by atoms with van der Waals surface area (Å²) < 4.78 is 5.21. The summed E-state index contributed by atoms with van der Waals surface area (Å²) in [5, 5.41) is 10.3. The van der Waals surface area contributed by atoms with Crippen LogP contribution >= 0.6 is 0 Å². The Morgan fingerprint density at radius 2 is 2.05 bits per heavy atom. The van der Waals surface area contributed by atoms with Gasteiger partial charge in [0.25, 0.3) is 5.91 Å². The minimum atomic E-state index is -0.313. The monoisotopic (exact) mass is 273 g/mol. The second-order valence-corrected chi connectivity index (χ2v) is 3.94. The Morgan fingerprint density at radius 3 is 2.70 bits per heavy atom. The molecule has 0 fully saturated rings. The molecule has 7 nitrogen and oxygen atoms in total. The average Bonchev–Trinajstić information content (AvgIpc) is 2.53. The number of hydrazine groups is 1. The van der Waals surface area contributed by atoms with Crippen LogP contribution in [0.2, 0.25) is 0 Å². The van der Waals surface area contributed by atoms with Crippen LogP contribution < -0.4 is 21.3 Å². The molecule has 104 valence electrons. The fraction of sp³-hybridized carbons (Fsp3) is 0.154. The van der Waals surface area contributed by atoms with Crippen molar-refractivity contribution in [3.8, 4) is 5.75 Å². The number of carbonyl (C=O) groups excluding carboxylic acids is 1. The molecule has 0 spiro atoms. The van der Waals surface area contributed by atoms with E-state index in [1.807, 2.05) is 24.3 Å². The van der Waals surface area contributed by atoms with Crippen molar-refractivity contribution in [3.05, 3.63) is 47.7 Å². The highest BCUT2D eigenvalue weighted by Crippen LogP contribution is 2.16. The molecule has 1 aromatic heterocycles. The summed E-state index contributed by atoms with van der Waals surface area (Å²) in [6.45, 7) is 0.349. The molecule has 2 aromatic rings. The fourth-order valence-electron chi connectivity index (χ4n) is 1.65. The summed E-state index contributed by atoms with van der Waals surface area (Å²) in [4.78, 5) is 11.9. The molecule has 0 saturated carbocycles. The van der Waals surface area contributed by atoms with E-state index in [4.69, 9.17) is 10.6 Å². The summed E-state index contributed by atoms with van der Waals surface area (Å²) in [6, 6.07) is 10.6. The molecule has 1 heterocycles. The zero-order valence-electron chi connectivity index (χ0n) is 11.0. The van der Waals surface area contributed by atoms with Crippen LogP contribution in [0.25, 0.3) is 0 Å². The molecule has 7 heteroatoms. The van der Waals surface area contributed by atoms with Gasteiger partial charge in [0.05, 0.1) is 7.11 Å². The molecule has 0 unspecified atom stereocenters. The maximum absolute atomic E-state index is 11.9. The van der Waals surface area contributed by atoms with Crippen molar-refractivity contribution in [2.24, 2.45) is 5.84 Å². The predicted molar refractivity (Wildman–Crippen MR) is 74.0 cm³/mol. The largest absolute Gasteiger partial charge is 0.496 e. The second kappa shape index (κ2) is 6.48. The number of nitrogens with one attached hydrogen (secondary N) is 2. The zero-order chi connectivity index (χ0) is 14.4. The highest BCUT2D eigenvalue weighted by atomic mass is 16.5. The number of amides is 1. The van der Waals surface area contributed by atoms with Crippen molar-refractivity contribution in [1.29, 1.82) is 0 Å². The number of ether oxygens (including phenoxy) is 1. The normalized spacial score (nSPS) is 9.90. The Morgan fingerprint density at radius 1 is 1.25 bits per heavy atom. The number of nitrogens with two attached hydrogens (primary N) is 1. The zero-order valence-corrected chi connectivity index (χ0v) is 11.0. The third-order valence-electron chi connectivity index (χ3n) is 2.68. The van der Waals surface area contributed by atoms with Crippen molar-refractivity contribution < 1.29 is 9.53 Å². The van der Waals surface area contributed by atoms with E-state index in [1.165, 1.54) is 0 Å². The van der Waals surface area contributed by atoms with E-state index < -0.39 is 0 Å². The number of nitrogen functional groups attached to an aromatic ring is 1. The van der Waals surface area contributed by atoms with Gasteiger partial charge in [0.15, 0.2) is 11.5 Å². The van der Waals surface area contributed by atoms with E-state index in [2.05, 4.69) is 20.9 Å². The highest BCUT2D eigenvalue weighted by Gasteiger charge is 2.09. The Hall–Kier alpha value is -2.67.